The van der Waals surface area contributed by atoms with Gasteiger partial charge in [-0.05, 0) is 30.5 Å². The molecule has 6 nitrogen and oxygen atoms in total. The summed E-state index contributed by atoms with van der Waals surface area (Å²) >= 11 is 1.59. The van der Waals surface area contributed by atoms with Crippen molar-refractivity contribution in [3.63, 3.8) is 0 Å². The van der Waals surface area contributed by atoms with Gasteiger partial charge in [-0.25, -0.2) is 4.98 Å². The zero-order valence-corrected chi connectivity index (χ0v) is 15.8. The third-order valence-electron chi connectivity index (χ3n) is 4.10. The maximum atomic E-state index is 5.69. The number of nitrogens with zero attached hydrogens (tertiary/aromatic N) is 2. The van der Waals surface area contributed by atoms with Crippen molar-refractivity contribution in [2.45, 2.75) is 12.8 Å². The summed E-state index contributed by atoms with van der Waals surface area (Å²) in [5.74, 6) is 7.29. The smallest absolute Gasteiger partial charge is 0.203 e. The van der Waals surface area contributed by atoms with Crippen LogP contribution in [0, 0.1) is 0 Å². The molecule has 2 aromatic rings. The van der Waals surface area contributed by atoms with Crippen LogP contribution in [0.15, 0.2) is 40.8 Å². The lowest BCUT2D eigenvalue weighted by Crippen LogP contribution is -2.08. The van der Waals surface area contributed by atoms with E-state index in [0.29, 0.717) is 23.0 Å². The molecule has 0 spiro atoms. The molecule has 0 amide bonds. The highest BCUT2D eigenvalue weighted by molar-refractivity contribution is 7.11. The topological polar surface area (TPSA) is 79.0 Å². The van der Waals surface area contributed by atoms with Crippen molar-refractivity contribution < 1.29 is 14.2 Å². The Bertz CT molecular complexity index is 859. The van der Waals surface area contributed by atoms with Crippen molar-refractivity contribution in [2.75, 3.05) is 21.3 Å². The first kappa shape index (κ1) is 18.0. The van der Waals surface area contributed by atoms with E-state index in [9.17, 15) is 0 Å². The molecule has 3 rings (SSSR count). The molecule has 0 bridgehead atoms. The number of allylic oxidation sites excluding steroid dienone is 4. The molecule has 1 heterocycles. The van der Waals surface area contributed by atoms with Crippen LogP contribution in [0.5, 0.6) is 17.2 Å². The van der Waals surface area contributed by atoms with Gasteiger partial charge in [-0.15, -0.1) is 11.3 Å². The third kappa shape index (κ3) is 3.43. The van der Waals surface area contributed by atoms with Crippen LogP contribution >= 0.6 is 11.3 Å². The van der Waals surface area contributed by atoms with E-state index in [2.05, 4.69) is 23.3 Å². The van der Waals surface area contributed by atoms with Crippen LogP contribution in [0.3, 0.4) is 0 Å². The average molecular weight is 371 g/mol. The Morgan fingerprint density at radius 2 is 1.88 bits per heavy atom. The Kier molecular flexibility index (Phi) is 5.58. The minimum atomic E-state index is 0.522. The van der Waals surface area contributed by atoms with E-state index in [4.69, 9.17) is 25.0 Å². The van der Waals surface area contributed by atoms with Crippen molar-refractivity contribution in [1.29, 1.82) is 0 Å². The second-order valence-electron chi connectivity index (χ2n) is 5.59. The third-order valence-corrected chi connectivity index (χ3v) is 5.02. The first-order valence-electron chi connectivity index (χ1n) is 8.12. The fourth-order valence-corrected chi connectivity index (χ4v) is 3.68. The number of aromatic nitrogens is 1. The fraction of sp³-hybridized carbons (Fsp3) is 0.263. The lowest BCUT2D eigenvalue weighted by molar-refractivity contribution is 0.324. The molecular formula is C19H21N3O3S. The molecule has 0 unspecified atom stereocenters. The van der Waals surface area contributed by atoms with Crippen LogP contribution < -0.4 is 20.1 Å². The summed E-state index contributed by atoms with van der Waals surface area (Å²) in [5, 5.41) is 6.91. The quantitative estimate of drug-likeness (QED) is 0.477. The molecule has 0 saturated carbocycles. The summed E-state index contributed by atoms with van der Waals surface area (Å²) in [6, 6.07) is 3.63. The van der Waals surface area contributed by atoms with Crippen molar-refractivity contribution in [3.05, 3.63) is 52.0 Å². The molecule has 1 aromatic heterocycles. The Morgan fingerprint density at radius 1 is 1.15 bits per heavy atom. The van der Waals surface area contributed by atoms with Crippen LogP contribution in [0.4, 0.5) is 0 Å². The molecule has 2 N–H and O–H groups in total. The SMILES string of the molecule is COc1cc(/C(=N/N)c2csc(C3=CC=CCC3)n2)cc(OC)c1OC. The maximum Gasteiger partial charge on any atom is 0.203 e. The van der Waals surface area contributed by atoms with E-state index in [-0.39, 0.29) is 0 Å². The molecule has 0 aliphatic heterocycles. The van der Waals surface area contributed by atoms with Crippen LogP contribution in [0.25, 0.3) is 5.57 Å². The summed E-state index contributed by atoms with van der Waals surface area (Å²) < 4.78 is 16.2. The lowest BCUT2D eigenvalue weighted by Gasteiger charge is -2.14. The summed E-state index contributed by atoms with van der Waals surface area (Å²) in [4.78, 5) is 4.73. The summed E-state index contributed by atoms with van der Waals surface area (Å²) in [7, 11) is 4.71. The number of thiazole rings is 1. The van der Waals surface area contributed by atoms with E-state index in [1.807, 2.05) is 17.5 Å². The van der Waals surface area contributed by atoms with E-state index < -0.39 is 0 Å². The molecule has 136 valence electrons. The molecule has 7 heteroatoms. The van der Waals surface area contributed by atoms with Crippen molar-refractivity contribution in [3.8, 4) is 17.2 Å². The van der Waals surface area contributed by atoms with Gasteiger partial charge in [0, 0.05) is 10.9 Å². The summed E-state index contributed by atoms with van der Waals surface area (Å²) in [6.45, 7) is 0. The zero-order valence-electron chi connectivity index (χ0n) is 15.0. The number of hydrogen-bond donors (Lipinski definition) is 1. The van der Waals surface area contributed by atoms with Crippen molar-refractivity contribution in [1.82, 2.24) is 4.98 Å². The van der Waals surface area contributed by atoms with Gasteiger partial charge in [-0.1, -0.05) is 18.2 Å². The highest BCUT2D eigenvalue weighted by Gasteiger charge is 2.19. The Labute approximate surface area is 156 Å². The van der Waals surface area contributed by atoms with E-state index in [0.717, 1.165) is 29.1 Å². The Hall–Kier alpha value is -2.80. The number of methoxy groups -OCH3 is 3. The molecule has 0 fully saturated rings. The van der Waals surface area contributed by atoms with Gasteiger partial charge in [0.2, 0.25) is 5.75 Å². The number of nitrogens with two attached hydrogens (primary N) is 1. The standard InChI is InChI=1S/C19H21N3O3S/c1-23-15-9-13(10-16(24-2)18(15)25-3)17(22-20)14-11-26-19(21-14)12-7-5-4-6-8-12/h4-5,7,9-11H,6,8,20H2,1-3H3/b22-17-. The summed E-state index contributed by atoms with van der Waals surface area (Å²) in [6.07, 6.45) is 8.34. The highest BCUT2D eigenvalue weighted by Crippen LogP contribution is 2.39. The summed E-state index contributed by atoms with van der Waals surface area (Å²) in [5.41, 5.74) is 3.26. The molecule has 0 radical (unpaired) electrons. The van der Waals surface area contributed by atoms with Gasteiger partial charge in [0.05, 0.1) is 21.3 Å². The fourth-order valence-electron chi connectivity index (χ4n) is 2.82. The first-order chi connectivity index (χ1) is 12.7. The van der Waals surface area contributed by atoms with E-state index in [1.165, 1.54) is 5.57 Å². The molecule has 1 aromatic carbocycles. The minimum absolute atomic E-state index is 0.522. The van der Waals surface area contributed by atoms with E-state index in [1.54, 1.807) is 32.7 Å². The van der Waals surface area contributed by atoms with Crippen LogP contribution in [0.1, 0.15) is 29.1 Å². The largest absolute Gasteiger partial charge is 0.493 e. The van der Waals surface area contributed by atoms with Gasteiger partial charge < -0.3 is 20.1 Å². The van der Waals surface area contributed by atoms with Gasteiger partial charge in [0.1, 0.15) is 16.4 Å². The average Bonchev–Trinajstić information content (AvgIpc) is 3.18. The van der Waals surface area contributed by atoms with Crippen LogP contribution in [-0.4, -0.2) is 32.0 Å². The monoisotopic (exact) mass is 371 g/mol. The Balaban J connectivity index is 2.01. The molecule has 1 aliphatic carbocycles. The van der Waals surface area contributed by atoms with Gasteiger partial charge in [-0.2, -0.15) is 5.10 Å². The number of hydrogen-bond acceptors (Lipinski definition) is 7. The predicted molar refractivity (Wildman–Crippen MR) is 104 cm³/mol. The number of hydrazone groups is 1. The minimum Gasteiger partial charge on any atom is -0.493 e. The Morgan fingerprint density at radius 3 is 2.42 bits per heavy atom. The van der Waals surface area contributed by atoms with Crippen LogP contribution in [-0.2, 0) is 0 Å². The number of ether oxygens (including phenoxy) is 3. The normalized spacial score (nSPS) is 14.1. The van der Waals surface area contributed by atoms with Gasteiger partial charge in [0.25, 0.3) is 0 Å². The molecular weight excluding hydrogens is 350 g/mol. The number of rotatable bonds is 6. The second kappa shape index (κ2) is 8.05. The van der Waals surface area contributed by atoms with Crippen LogP contribution in [0.2, 0.25) is 0 Å². The maximum absolute atomic E-state index is 5.69. The second-order valence-corrected chi connectivity index (χ2v) is 6.45. The number of benzene rings is 1. The molecule has 0 atom stereocenters. The van der Waals surface area contributed by atoms with Gasteiger partial charge in [-0.3, -0.25) is 0 Å². The van der Waals surface area contributed by atoms with Gasteiger partial charge >= 0.3 is 0 Å². The van der Waals surface area contributed by atoms with Gasteiger partial charge in [0.15, 0.2) is 11.5 Å². The van der Waals surface area contributed by atoms with E-state index >= 15 is 0 Å². The zero-order chi connectivity index (χ0) is 18.5. The first-order valence-corrected chi connectivity index (χ1v) is 9.00. The highest BCUT2D eigenvalue weighted by atomic mass is 32.1. The molecule has 26 heavy (non-hydrogen) atoms. The molecule has 0 saturated heterocycles. The van der Waals surface area contributed by atoms with Crippen molar-refractivity contribution in [2.24, 2.45) is 10.9 Å². The van der Waals surface area contributed by atoms with Crippen molar-refractivity contribution >= 4 is 22.6 Å². The lowest BCUT2D eigenvalue weighted by atomic mass is 10.1. The predicted octanol–water partition coefficient (Wildman–Crippen LogP) is 3.61. The molecule has 1 aliphatic rings.